The number of hydrogen-bond donors (Lipinski definition) is 2. The molecule has 0 radical (unpaired) electrons. The van der Waals surface area contributed by atoms with Crippen molar-refractivity contribution < 1.29 is 22.7 Å². The molecule has 0 saturated carbocycles. The van der Waals surface area contributed by atoms with Gasteiger partial charge < -0.3 is 10.1 Å². The molecule has 3 aromatic rings. The molecule has 1 amide bonds. The summed E-state index contributed by atoms with van der Waals surface area (Å²) in [6, 6.07) is 14.1. The predicted octanol–water partition coefficient (Wildman–Crippen LogP) is 2.00. The lowest BCUT2D eigenvalue weighted by atomic mass is 9.98. The summed E-state index contributed by atoms with van der Waals surface area (Å²) in [6.07, 6.45) is 2.13. The fourth-order valence-electron chi connectivity index (χ4n) is 2.95. The summed E-state index contributed by atoms with van der Waals surface area (Å²) in [4.78, 5) is 32.2. The van der Waals surface area contributed by atoms with Crippen molar-refractivity contribution in [3.63, 3.8) is 0 Å². The molecule has 2 aromatic carbocycles. The maximum Gasteiger partial charge on any atom is 0.339 e. The van der Waals surface area contributed by atoms with Crippen molar-refractivity contribution in [2.45, 2.75) is 17.4 Å². The number of sulfonamides is 1. The molecule has 2 heterocycles. The SMILES string of the molecule is O=C1O[C@@H](C(=O)Nc2ccc(S(=O)(=O)Nc3ncccn3)cc2)Cc2ccccc21. The number of aromatic nitrogens is 2. The van der Waals surface area contributed by atoms with Gasteiger partial charge >= 0.3 is 5.97 Å². The van der Waals surface area contributed by atoms with Gasteiger partial charge in [0.2, 0.25) is 5.95 Å². The van der Waals surface area contributed by atoms with Gasteiger partial charge in [-0.1, -0.05) is 18.2 Å². The number of carbonyl (C=O) groups is 2. The van der Waals surface area contributed by atoms with Crippen LogP contribution in [0.25, 0.3) is 0 Å². The summed E-state index contributed by atoms with van der Waals surface area (Å²) in [5.41, 5.74) is 1.56. The smallest absolute Gasteiger partial charge is 0.339 e. The van der Waals surface area contributed by atoms with Gasteiger partial charge in [0.1, 0.15) is 0 Å². The van der Waals surface area contributed by atoms with Crippen LogP contribution in [-0.4, -0.2) is 36.4 Å². The highest BCUT2D eigenvalue weighted by atomic mass is 32.2. The van der Waals surface area contributed by atoms with Gasteiger partial charge in [0, 0.05) is 24.5 Å². The van der Waals surface area contributed by atoms with Crippen LogP contribution in [0.3, 0.4) is 0 Å². The Hall–Kier alpha value is -3.79. The zero-order valence-corrected chi connectivity index (χ0v) is 16.3. The number of carbonyl (C=O) groups excluding carboxylic acids is 2. The number of cyclic esters (lactones) is 1. The van der Waals surface area contributed by atoms with Crippen molar-refractivity contribution >= 4 is 33.5 Å². The van der Waals surface area contributed by atoms with Crippen molar-refractivity contribution in [3.05, 3.63) is 78.1 Å². The average molecular weight is 424 g/mol. The largest absolute Gasteiger partial charge is 0.448 e. The van der Waals surface area contributed by atoms with Gasteiger partial charge in [-0.15, -0.1) is 0 Å². The molecule has 10 heteroatoms. The highest BCUT2D eigenvalue weighted by Crippen LogP contribution is 2.22. The Labute approximate surface area is 172 Å². The molecule has 1 aliphatic rings. The van der Waals surface area contributed by atoms with E-state index in [9.17, 15) is 18.0 Å². The van der Waals surface area contributed by atoms with Gasteiger partial charge in [-0.3, -0.25) is 4.79 Å². The molecule has 9 nitrogen and oxygen atoms in total. The van der Waals surface area contributed by atoms with Gasteiger partial charge in [-0.05, 0) is 42.0 Å². The molecule has 30 heavy (non-hydrogen) atoms. The third kappa shape index (κ3) is 4.13. The summed E-state index contributed by atoms with van der Waals surface area (Å²) < 4.78 is 32.3. The fraction of sp³-hybridized carbons (Fsp3) is 0.100. The van der Waals surface area contributed by atoms with Crippen LogP contribution in [0.5, 0.6) is 0 Å². The lowest BCUT2D eigenvalue weighted by molar-refractivity contribution is -0.125. The summed E-state index contributed by atoms with van der Waals surface area (Å²) in [5, 5.41) is 2.64. The number of hydrogen-bond acceptors (Lipinski definition) is 7. The number of ether oxygens (including phenoxy) is 1. The Morgan fingerprint density at radius 1 is 1.00 bits per heavy atom. The zero-order chi connectivity index (χ0) is 21.1. The van der Waals surface area contributed by atoms with E-state index < -0.39 is 28.0 Å². The maximum absolute atomic E-state index is 12.5. The molecule has 2 N–H and O–H groups in total. The topological polar surface area (TPSA) is 127 Å². The van der Waals surface area contributed by atoms with Crippen LogP contribution >= 0.6 is 0 Å². The minimum absolute atomic E-state index is 0.0222. The van der Waals surface area contributed by atoms with E-state index in [-0.39, 0.29) is 17.3 Å². The summed E-state index contributed by atoms with van der Waals surface area (Å²) in [5.74, 6) is -1.09. The lowest BCUT2D eigenvalue weighted by Crippen LogP contribution is -2.37. The number of anilines is 2. The van der Waals surface area contributed by atoms with E-state index in [1.165, 1.54) is 36.7 Å². The molecule has 152 valence electrons. The molecule has 0 saturated heterocycles. The van der Waals surface area contributed by atoms with Gasteiger partial charge in [-0.25, -0.2) is 27.9 Å². The van der Waals surface area contributed by atoms with E-state index >= 15 is 0 Å². The number of amides is 1. The third-order valence-corrected chi connectivity index (χ3v) is 5.75. The molecule has 0 unspecified atom stereocenters. The first-order valence-corrected chi connectivity index (χ1v) is 10.4. The Bertz CT molecular complexity index is 1200. The number of rotatable bonds is 5. The average Bonchev–Trinajstić information content (AvgIpc) is 2.74. The van der Waals surface area contributed by atoms with Crippen molar-refractivity contribution in [2.24, 2.45) is 0 Å². The molecule has 1 aromatic heterocycles. The standard InChI is InChI=1S/C20H16N4O5S/c25-18(17-12-13-4-1-2-5-16(13)19(26)29-17)23-14-6-8-15(9-7-14)30(27,28)24-20-21-10-3-11-22-20/h1-11,17H,12H2,(H,23,25)(H,21,22,24)/t17-/m1/s1. The number of nitrogens with zero attached hydrogens (tertiary/aromatic N) is 2. The first-order chi connectivity index (χ1) is 14.4. The Morgan fingerprint density at radius 3 is 2.43 bits per heavy atom. The number of fused-ring (bicyclic) bond motifs is 1. The Balaban J connectivity index is 1.44. The molecule has 4 rings (SSSR count). The molecule has 0 spiro atoms. The van der Waals surface area contributed by atoms with Crippen LogP contribution in [0.15, 0.2) is 71.9 Å². The van der Waals surface area contributed by atoms with Crippen LogP contribution in [0.4, 0.5) is 11.6 Å². The molecule has 1 aliphatic heterocycles. The fourth-order valence-corrected chi connectivity index (χ4v) is 3.91. The molecule has 0 fully saturated rings. The Morgan fingerprint density at radius 2 is 1.70 bits per heavy atom. The quantitative estimate of drug-likeness (QED) is 0.600. The zero-order valence-electron chi connectivity index (χ0n) is 15.5. The maximum atomic E-state index is 12.5. The van der Waals surface area contributed by atoms with E-state index in [2.05, 4.69) is 20.0 Å². The van der Waals surface area contributed by atoms with Gasteiger partial charge in [0.05, 0.1) is 10.5 Å². The molecular formula is C20H16N4O5S. The second-order valence-electron chi connectivity index (χ2n) is 6.45. The van der Waals surface area contributed by atoms with E-state index in [0.29, 0.717) is 11.3 Å². The highest BCUT2D eigenvalue weighted by Gasteiger charge is 2.31. The molecule has 1 atom stereocenters. The normalized spacial score (nSPS) is 15.6. The lowest BCUT2D eigenvalue weighted by Gasteiger charge is -2.23. The van der Waals surface area contributed by atoms with E-state index in [0.717, 1.165) is 5.56 Å². The first-order valence-electron chi connectivity index (χ1n) is 8.92. The van der Waals surface area contributed by atoms with Crippen LogP contribution in [-0.2, 0) is 26.0 Å². The van der Waals surface area contributed by atoms with Gasteiger partial charge in [0.25, 0.3) is 15.9 Å². The van der Waals surface area contributed by atoms with E-state index in [1.54, 1.807) is 30.3 Å². The van der Waals surface area contributed by atoms with Crippen LogP contribution < -0.4 is 10.0 Å². The van der Waals surface area contributed by atoms with E-state index in [4.69, 9.17) is 4.74 Å². The summed E-state index contributed by atoms with van der Waals surface area (Å²) in [6.45, 7) is 0. The minimum atomic E-state index is -3.88. The van der Waals surface area contributed by atoms with Crippen molar-refractivity contribution in [2.75, 3.05) is 10.0 Å². The van der Waals surface area contributed by atoms with Crippen LogP contribution in [0.1, 0.15) is 15.9 Å². The second kappa shape index (κ2) is 7.91. The van der Waals surface area contributed by atoms with Crippen LogP contribution in [0, 0.1) is 0 Å². The summed E-state index contributed by atoms with van der Waals surface area (Å²) in [7, 11) is -3.88. The Kier molecular flexibility index (Phi) is 5.15. The van der Waals surface area contributed by atoms with E-state index in [1.807, 2.05) is 0 Å². The molecule has 0 aliphatic carbocycles. The van der Waals surface area contributed by atoms with Crippen molar-refractivity contribution in [3.8, 4) is 0 Å². The number of esters is 1. The monoisotopic (exact) mass is 424 g/mol. The van der Waals surface area contributed by atoms with Crippen molar-refractivity contribution in [1.82, 2.24) is 9.97 Å². The highest BCUT2D eigenvalue weighted by molar-refractivity contribution is 7.92. The van der Waals surface area contributed by atoms with Crippen molar-refractivity contribution in [1.29, 1.82) is 0 Å². The molecule has 0 bridgehead atoms. The third-order valence-electron chi connectivity index (χ3n) is 4.41. The number of nitrogens with one attached hydrogen (secondary N) is 2. The van der Waals surface area contributed by atoms with Crippen LogP contribution in [0.2, 0.25) is 0 Å². The minimum Gasteiger partial charge on any atom is -0.448 e. The molecular weight excluding hydrogens is 408 g/mol. The predicted molar refractivity (Wildman–Crippen MR) is 107 cm³/mol. The number of benzene rings is 2. The van der Waals surface area contributed by atoms with Gasteiger partial charge in [0.15, 0.2) is 6.10 Å². The van der Waals surface area contributed by atoms with Gasteiger partial charge in [-0.2, -0.15) is 0 Å². The summed E-state index contributed by atoms with van der Waals surface area (Å²) >= 11 is 0. The first kappa shape index (κ1) is 19.5. The second-order valence-corrected chi connectivity index (χ2v) is 8.13.